The van der Waals surface area contributed by atoms with Gasteiger partial charge in [0.1, 0.15) is 5.41 Å². The number of hydrogen-bond donors (Lipinski definition) is 1. The van der Waals surface area contributed by atoms with Crippen molar-refractivity contribution in [3.8, 4) is 6.07 Å². The monoisotopic (exact) mass is 472 g/mol. The second kappa shape index (κ2) is 7.93. The maximum atomic E-state index is 10.5. The molecule has 2 saturated heterocycles. The van der Waals surface area contributed by atoms with Crippen LogP contribution in [-0.2, 0) is 5.41 Å². The molecule has 3 heteroatoms. The van der Waals surface area contributed by atoms with Crippen molar-refractivity contribution in [2.45, 2.75) is 57.0 Å². The van der Waals surface area contributed by atoms with E-state index in [0.29, 0.717) is 18.0 Å². The van der Waals surface area contributed by atoms with Gasteiger partial charge in [-0.3, -0.25) is 0 Å². The average molecular weight is 472 g/mol. The van der Waals surface area contributed by atoms with Crippen molar-refractivity contribution < 1.29 is 0 Å². The second-order valence-corrected chi connectivity index (χ2v) is 8.70. The van der Waals surface area contributed by atoms with Crippen LogP contribution >= 0.6 is 24.0 Å². The van der Waals surface area contributed by atoms with Gasteiger partial charge in [-0.1, -0.05) is 74.5 Å². The zero-order chi connectivity index (χ0) is 18.2. The molecule has 4 rings (SSSR count). The Bertz CT molecular complexity index is 755. The van der Waals surface area contributed by atoms with E-state index in [1.807, 2.05) is 12.1 Å². The lowest BCUT2D eigenvalue weighted by atomic mass is 9.61. The van der Waals surface area contributed by atoms with Crippen LogP contribution < -0.4 is 5.32 Å². The largest absolute Gasteiger partial charge is 0.311 e. The van der Waals surface area contributed by atoms with Gasteiger partial charge in [0.25, 0.3) is 0 Å². The normalized spacial score (nSPS) is 26.0. The molecule has 0 spiro atoms. The quantitative estimate of drug-likeness (QED) is 0.582. The van der Waals surface area contributed by atoms with Crippen molar-refractivity contribution in [1.82, 2.24) is 5.32 Å². The van der Waals surface area contributed by atoms with Crippen molar-refractivity contribution >= 4 is 24.0 Å². The van der Waals surface area contributed by atoms with Crippen molar-refractivity contribution in [3.05, 3.63) is 71.8 Å². The molecule has 0 aliphatic carbocycles. The van der Waals surface area contributed by atoms with Gasteiger partial charge in [0.05, 0.1) is 6.07 Å². The summed E-state index contributed by atoms with van der Waals surface area (Å²) in [5, 5.41) is 14.3. The first-order chi connectivity index (χ1) is 12.6. The lowest BCUT2D eigenvalue weighted by molar-refractivity contribution is 0.0841. The average Bonchev–Trinajstić information content (AvgIpc) is 3.12. The van der Waals surface area contributed by atoms with Crippen LogP contribution in [0, 0.1) is 22.7 Å². The summed E-state index contributed by atoms with van der Waals surface area (Å²) in [6.07, 6.45) is 4.61. The van der Waals surface area contributed by atoms with E-state index in [-0.39, 0.29) is 29.4 Å². The topological polar surface area (TPSA) is 35.8 Å². The number of benzene rings is 2. The minimum atomic E-state index is -0.582. The van der Waals surface area contributed by atoms with Crippen LogP contribution in [0.2, 0.25) is 0 Å². The predicted molar refractivity (Wildman–Crippen MR) is 121 cm³/mol. The molecular weight excluding hydrogens is 443 g/mol. The van der Waals surface area contributed by atoms with Gasteiger partial charge in [-0.2, -0.15) is 5.26 Å². The number of nitrogens with zero attached hydrogens (tertiary/aromatic N) is 1. The van der Waals surface area contributed by atoms with E-state index in [2.05, 4.69) is 73.8 Å². The van der Waals surface area contributed by atoms with E-state index in [1.54, 1.807) is 0 Å². The lowest BCUT2D eigenvalue weighted by Crippen LogP contribution is -2.52. The van der Waals surface area contributed by atoms with Gasteiger partial charge in [-0.25, -0.2) is 0 Å². The molecule has 2 aliphatic rings. The van der Waals surface area contributed by atoms with Gasteiger partial charge >= 0.3 is 0 Å². The van der Waals surface area contributed by atoms with E-state index in [9.17, 15) is 5.26 Å². The third kappa shape index (κ3) is 3.54. The Morgan fingerprint density at radius 3 is 2.07 bits per heavy atom. The van der Waals surface area contributed by atoms with Gasteiger partial charge in [0.15, 0.2) is 0 Å². The molecule has 3 unspecified atom stereocenters. The molecule has 0 amide bonds. The molecule has 3 atom stereocenters. The molecule has 1 N–H and O–H groups in total. The number of nitrogens with one attached hydrogen (secondary N) is 1. The molecular formula is C24H29IN2. The van der Waals surface area contributed by atoms with Crippen LogP contribution in [0.3, 0.4) is 0 Å². The summed E-state index contributed by atoms with van der Waals surface area (Å²) in [5.74, 6) is 0.529. The maximum absolute atomic E-state index is 10.5. The number of nitriles is 1. The molecule has 2 heterocycles. The Hall–Kier alpha value is -1.38. The van der Waals surface area contributed by atoms with Crippen LogP contribution in [0.25, 0.3) is 0 Å². The Balaban J connectivity index is 0.00000210. The number of hydrogen-bond acceptors (Lipinski definition) is 2. The van der Waals surface area contributed by atoms with E-state index < -0.39 is 5.41 Å². The van der Waals surface area contributed by atoms with Crippen molar-refractivity contribution in [2.75, 3.05) is 0 Å². The predicted octanol–water partition coefficient (Wildman–Crippen LogP) is 5.67. The molecule has 2 nitrogen and oxygen atoms in total. The smallest absolute Gasteiger partial charge is 0.107 e. The first-order valence-electron chi connectivity index (χ1n) is 9.84. The zero-order valence-corrected chi connectivity index (χ0v) is 18.5. The van der Waals surface area contributed by atoms with E-state index in [1.165, 1.54) is 19.3 Å². The summed E-state index contributed by atoms with van der Waals surface area (Å²) in [5.41, 5.74) is 1.87. The van der Waals surface area contributed by atoms with Crippen LogP contribution in [-0.4, -0.2) is 12.1 Å². The SMILES string of the molecule is CC1(C)C(CC(C#N)(c2ccccc2)c2ccccc2)CC2CCC1N2.I. The molecule has 0 radical (unpaired) electrons. The molecule has 0 aromatic heterocycles. The Morgan fingerprint density at radius 1 is 1.00 bits per heavy atom. The second-order valence-electron chi connectivity index (χ2n) is 8.70. The number of fused-ring (bicyclic) bond motifs is 2. The molecule has 142 valence electrons. The first kappa shape index (κ1) is 20.4. The van der Waals surface area contributed by atoms with Gasteiger partial charge in [-0.15, -0.1) is 24.0 Å². The highest BCUT2D eigenvalue weighted by molar-refractivity contribution is 14.0. The molecule has 2 aliphatic heterocycles. The van der Waals surface area contributed by atoms with E-state index in [4.69, 9.17) is 0 Å². The molecule has 2 fully saturated rings. The summed E-state index contributed by atoms with van der Waals surface area (Å²) in [6, 6.07) is 24.8. The molecule has 2 aromatic rings. The first-order valence-corrected chi connectivity index (χ1v) is 9.84. The van der Waals surface area contributed by atoms with E-state index in [0.717, 1.165) is 17.5 Å². The number of rotatable bonds is 4. The fourth-order valence-corrected chi connectivity index (χ4v) is 5.26. The van der Waals surface area contributed by atoms with Gasteiger partial charge in [0.2, 0.25) is 0 Å². The molecule has 2 bridgehead atoms. The highest BCUT2D eigenvalue weighted by Crippen LogP contribution is 2.50. The lowest BCUT2D eigenvalue weighted by Gasteiger charge is -2.47. The molecule has 0 saturated carbocycles. The summed E-state index contributed by atoms with van der Waals surface area (Å²) in [7, 11) is 0. The van der Waals surface area contributed by atoms with Crippen LogP contribution in [0.4, 0.5) is 0 Å². The minimum absolute atomic E-state index is 0. The molecule has 2 aromatic carbocycles. The Kier molecular flexibility index (Phi) is 5.98. The summed E-state index contributed by atoms with van der Waals surface area (Å²) in [4.78, 5) is 0. The summed E-state index contributed by atoms with van der Waals surface area (Å²) >= 11 is 0. The van der Waals surface area contributed by atoms with Crippen LogP contribution in [0.5, 0.6) is 0 Å². The summed E-state index contributed by atoms with van der Waals surface area (Å²) < 4.78 is 0. The van der Waals surface area contributed by atoms with Gasteiger partial charge in [-0.05, 0) is 48.1 Å². The van der Waals surface area contributed by atoms with Crippen molar-refractivity contribution in [3.63, 3.8) is 0 Å². The number of halogens is 1. The Morgan fingerprint density at radius 2 is 1.56 bits per heavy atom. The highest BCUT2D eigenvalue weighted by atomic mass is 127. The number of piperidine rings is 1. The third-order valence-electron chi connectivity index (χ3n) is 7.04. The van der Waals surface area contributed by atoms with Crippen LogP contribution in [0.15, 0.2) is 60.7 Å². The Labute approximate surface area is 180 Å². The fraction of sp³-hybridized carbons (Fsp3) is 0.458. The standard InChI is InChI=1S/C24H28N2.HI/c1-23(2)20(15-21-13-14-22(23)26-21)16-24(17-25,18-9-5-3-6-10-18)19-11-7-4-8-12-19;/h3-12,20-22,26H,13-16H2,1-2H3;1H. The molecule has 27 heavy (non-hydrogen) atoms. The van der Waals surface area contributed by atoms with Crippen molar-refractivity contribution in [2.24, 2.45) is 11.3 Å². The third-order valence-corrected chi connectivity index (χ3v) is 7.04. The van der Waals surface area contributed by atoms with Crippen molar-refractivity contribution in [1.29, 1.82) is 5.26 Å². The fourth-order valence-electron chi connectivity index (χ4n) is 5.26. The summed E-state index contributed by atoms with van der Waals surface area (Å²) in [6.45, 7) is 4.80. The minimum Gasteiger partial charge on any atom is -0.311 e. The van der Waals surface area contributed by atoms with Gasteiger partial charge in [0, 0.05) is 12.1 Å². The van der Waals surface area contributed by atoms with Crippen LogP contribution in [0.1, 0.15) is 50.7 Å². The zero-order valence-electron chi connectivity index (χ0n) is 16.2. The maximum Gasteiger partial charge on any atom is 0.107 e. The van der Waals surface area contributed by atoms with Gasteiger partial charge < -0.3 is 5.32 Å². The highest BCUT2D eigenvalue weighted by Gasteiger charge is 2.50. The van der Waals surface area contributed by atoms with E-state index >= 15 is 0 Å².